The number of carbonyl (C=O) groups is 2. The van der Waals surface area contributed by atoms with Gasteiger partial charge in [-0.25, -0.2) is 0 Å². The molecule has 132 valence electrons. The van der Waals surface area contributed by atoms with Gasteiger partial charge in [-0.3, -0.25) is 9.59 Å². The van der Waals surface area contributed by atoms with Crippen LogP contribution in [0.1, 0.15) is 46.9 Å². The van der Waals surface area contributed by atoms with Crippen LogP contribution in [0, 0.1) is 0 Å². The van der Waals surface area contributed by atoms with Crippen LogP contribution in [0.15, 0.2) is 42.5 Å². The first-order valence-electron chi connectivity index (χ1n) is 8.15. The van der Waals surface area contributed by atoms with Gasteiger partial charge in [0.1, 0.15) is 0 Å². The van der Waals surface area contributed by atoms with Crippen molar-refractivity contribution in [1.29, 1.82) is 0 Å². The summed E-state index contributed by atoms with van der Waals surface area (Å²) >= 11 is 11.9. The van der Waals surface area contributed by atoms with Gasteiger partial charge in [-0.1, -0.05) is 49.0 Å². The Hall–Kier alpha value is -2.04. The molecule has 2 N–H and O–H groups in total. The lowest BCUT2D eigenvalue weighted by molar-refractivity contribution is 0.0953. The summed E-state index contributed by atoms with van der Waals surface area (Å²) in [5, 5.41) is 6.45. The van der Waals surface area contributed by atoms with Crippen molar-refractivity contribution >= 4 is 40.7 Å². The quantitative estimate of drug-likeness (QED) is 0.653. The predicted octanol–water partition coefficient (Wildman–Crippen LogP) is 5.17. The molecular weight excluding hydrogens is 359 g/mol. The maximum Gasteiger partial charge on any atom is 0.255 e. The van der Waals surface area contributed by atoms with E-state index in [1.165, 1.54) is 0 Å². The molecule has 0 saturated carbocycles. The zero-order valence-electron chi connectivity index (χ0n) is 13.9. The lowest BCUT2D eigenvalue weighted by Gasteiger charge is -2.08. The molecule has 25 heavy (non-hydrogen) atoms. The maximum absolute atomic E-state index is 12.4. The summed E-state index contributed by atoms with van der Waals surface area (Å²) < 4.78 is 0. The van der Waals surface area contributed by atoms with Crippen LogP contribution < -0.4 is 10.6 Å². The summed E-state index contributed by atoms with van der Waals surface area (Å²) in [6.45, 7) is 2.74. The van der Waals surface area contributed by atoms with E-state index < -0.39 is 0 Å². The molecule has 0 atom stereocenters. The molecule has 2 aromatic rings. The van der Waals surface area contributed by atoms with E-state index in [2.05, 4.69) is 17.6 Å². The third kappa shape index (κ3) is 6.07. The van der Waals surface area contributed by atoms with Crippen LogP contribution in [-0.2, 0) is 0 Å². The SMILES string of the molecule is CCCCCNC(=O)c1cccc(C(=O)Nc2cc(Cl)cc(Cl)c2)c1. The van der Waals surface area contributed by atoms with E-state index in [1.807, 2.05) is 0 Å². The average Bonchev–Trinajstić information content (AvgIpc) is 2.57. The van der Waals surface area contributed by atoms with E-state index in [9.17, 15) is 9.59 Å². The summed E-state index contributed by atoms with van der Waals surface area (Å²) in [5.41, 5.74) is 1.34. The highest BCUT2D eigenvalue weighted by atomic mass is 35.5. The zero-order chi connectivity index (χ0) is 18.2. The topological polar surface area (TPSA) is 58.2 Å². The Balaban J connectivity index is 2.04. The molecular formula is C19H20Cl2N2O2. The minimum Gasteiger partial charge on any atom is -0.352 e. The van der Waals surface area contributed by atoms with Crippen molar-refractivity contribution in [3.05, 3.63) is 63.6 Å². The molecule has 0 unspecified atom stereocenters. The first-order valence-corrected chi connectivity index (χ1v) is 8.91. The summed E-state index contributed by atoms with van der Waals surface area (Å²) in [7, 11) is 0. The third-order valence-corrected chi connectivity index (χ3v) is 4.01. The molecule has 0 spiro atoms. The summed E-state index contributed by atoms with van der Waals surface area (Å²) in [6.07, 6.45) is 3.11. The number of hydrogen-bond acceptors (Lipinski definition) is 2. The second-order valence-corrected chi connectivity index (χ2v) is 6.53. The molecule has 6 heteroatoms. The predicted molar refractivity (Wildman–Crippen MR) is 103 cm³/mol. The van der Waals surface area contributed by atoms with Crippen molar-refractivity contribution < 1.29 is 9.59 Å². The number of hydrogen-bond donors (Lipinski definition) is 2. The van der Waals surface area contributed by atoms with E-state index in [0.717, 1.165) is 19.3 Å². The van der Waals surface area contributed by atoms with Crippen LogP contribution in [0.5, 0.6) is 0 Å². The fourth-order valence-electron chi connectivity index (χ4n) is 2.31. The summed E-state index contributed by atoms with van der Waals surface area (Å²) in [5.74, 6) is -0.518. The van der Waals surface area contributed by atoms with E-state index in [0.29, 0.717) is 33.4 Å². The minimum absolute atomic E-state index is 0.184. The second kappa shape index (κ2) is 9.44. The molecule has 0 bridgehead atoms. The number of amides is 2. The van der Waals surface area contributed by atoms with Gasteiger partial charge in [0.2, 0.25) is 0 Å². The Kier molecular flexibility index (Phi) is 7.29. The Labute approximate surface area is 157 Å². The van der Waals surface area contributed by atoms with Crippen molar-refractivity contribution in [3.63, 3.8) is 0 Å². The summed E-state index contributed by atoms with van der Waals surface area (Å²) in [6, 6.07) is 11.4. The molecule has 2 rings (SSSR count). The van der Waals surface area contributed by atoms with Gasteiger partial charge in [-0.15, -0.1) is 0 Å². The Morgan fingerprint density at radius 3 is 2.20 bits per heavy atom. The number of benzene rings is 2. The Bertz CT molecular complexity index is 743. The van der Waals surface area contributed by atoms with Crippen molar-refractivity contribution in [2.75, 3.05) is 11.9 Å². The van der Waals surface area contributed by atoms with Crippen LogP contribution in [-0.4, -0.2) is 18.4 Å². The van der Waals surface area contributed by atoms with Crippen molar-refractivity contribution in [1.82, 2.24) is 5.32 Å². The fourth-order valence-corrected chi connectivity index (χ4v) is 2.84. The standard InChI is InChI=1S/C19H20Cl2N2O2/c1-2-3-4-8-22-18(24)13-6-5-7-14(9-13)19(25)23-17-11-15(20)10-16(21)12-17/h5-7,9-12H,2-4,8H2,1H3,(H,22,24)(H,23,25). The summed E-state index contributed by atoms with van der Waals surface area (Å²) in [4.78, 5) is 24.5. The van der Waals surface area contributed by atoms with Gasteiger partial charge in [0.25, 0.3) is 11.8 Å². The van der Waals surface area contributed by atoms with Gasteiger partial charge in [-0.05, 0) is 42.8 Å². The molecule has 4 nitrogen and oxygen atoms in total. The highest BCUT2D eigenvalue weighted by Crippen LogP contribution is 2.23. The van der Waals surface area contributed by atoms with E-state index in [-0.39, 0.29) is 11.8 Å². The molecule has 0 fully saturated rings. The molecule has 2 aromatic carbocycles. The van der Waals surface area contributed by atoms with E-state index in [1.54, 1.807) is 42.5 Å². The highest BCUT2D eigenvalue weighted by Gasteiger charge is 2.11. The van der Waals surface area contributed by atoms with Crippen LogP contribution in [0.4, 0.5) is 5.69 Å². The fraction of sp³-hybridized carbons (Fsp3) is 0.263. The monoisotopic (exact) mass is 378 g/mol. The van der Waals surface area contributed by atoms with E-state index >= 15 is 0 Å². The van der Waals surface area contributed by atoms with Crippen LogP contribution in [0.3, 0.4) is 0 Å². The molecule has 2 amide bonds. The van der Waals surface area contributed by atoms with Gasteiger partial charge in [0.05, 0.1) is 0 Å². The number of carbonyl (C=O) groups excluding carboxylic acids is 2. The molecule has 0 heterocycles. The van der Waals surface area contributed by atoms with Crippen molar-refractivity contribution in [2.45, 2.75) is 26.2 Å². The minimum atomic E-state index is -0.334. The van der Waals surface area contributed by atoms with Gasteiger partial charge in [0.15, 0.2) is 0 Å². The second-order valence-electron chi connectivity index (χ2n) is 5.66. The average molecular weight is 379 g/mol. The number of halogens is 2. The smallest absolute Gasteiger partial charge is 0.255 e. The van der Waals surface area contributed by atoms with Gasteiger partial charge >= 0.3 is 0 Å². The highest BCUT2D eigenvalue weighted by molar-refractivity contribution is 6.35. The van der Waals surface area contributed by atoms with Gasteiger partial charge < -0.3 is 10.6 Å². The molecule has 0 saturated heterocycles. The zero-order valence-corrected chi connectivity index (χ0v) is 15.5. The first-order chi connectivity index (χ1) is 12.0. The van der Waals surface area contributed by atoms with Crippen molar-refractivity contribution in [3.8, 4) is 0 Å². The lowest BCUT2D eigenvalue weighted by atomic mass is 10.1. The number of anilines is 1. The Morgan fingerprint density at radius 2 is 1.56 bits per heavy atom. The molecule has 0 aliphatic heterocycles. The molecule has 0 aromatic heterocycles. The number of nitrogens with one attached hydrogen (secondary N) is 2. The van der Waals surface area contributed by atoms with Gasteiger partial charge in [-0.2, -0.15) is 0 Å². The van der Waals surface area contributed by atoms with Crippen LogP contribution in [0.2, 0.25) is 10.0 Å². The normalized spacial score (nSPS) is 10.4. The van der Waals surface area contributed by atoms with Crippen molar-refractivity contribution in [2.24, 2.45) is 0 Å². The largest absolute Gasteiger partial charge is 0.352 e. The van der Waals surface area contributed by atoms with Gasteiger partial charge in [0, 0.05) is 33.4 Å². The maximum atomic E-state index is 12.4. The Morgan fingerprint density at radius 1 is 0.920 bits per heavy atom. The van der Waals surface area contributed by atoms with Crippen LogP contribution in [0.25, 0.3) is 0 Å². The number of rotatable bonds is 7. The van der Waals surface area contributed by atoms with Crippen LogP contribution >= 0.6 is 23.2 Å². The number of unbranched alkanes of at least 4 members (excludes halogenated alkanes) is 2. The first kappa shape index (κ1) is 19.3. The molecule has 0 radical (unpaired) electrons. The van der Waals surface area contributed by atoms with E-state index in [4.69, 9.17) is 23.2 Å². The molecule has 0 aliphatic carbocycles. The third-order valence-electron chi connectivity index (χ3n) is 3.57. The lowest BCUT2D eigenvalue weighted by Crippen LogP contribution is -2.24. The molecule has 0 aliphatic rings.